The molecule has 0 spiro atoms. The third-order valence-corrected chi connectivity index (χ3v) is 6.09. The second kappa shape index (κ2) is 32.0. The van der Waals surface area contributed by atoms with Gasteiger partial charge in [0.2, 0.25) is 0 Å². The zero-order valence-electron chi connectivity index (χ0n) is 21.3. The van der Waals surface area contributed by atoms with Crippen molar-refractivity contribution < 1.29 is 10.2 Å². The van der Waals surface area contributed by atoms with Gasteiger partial charge in [0, 0.05) is 13.1 Å². The summed E-state index contributed by atoms with van der Waals surface area (Å²) in [5, 5.41) is 16.9. The third kappa shape index (κ3) is 36.7. The molecule has 0 rings (SSSR count). The van der Waals surface area contributed by atoms with Gasteiger partial charge in [-0.05, 0) is 37.3 Å². The molecule has 0 atom stereocenters. The third-order valence-electron chi connectivity index (χ3n) is 5.83. The van der Waals surface area contributed by atoms with Gasteiger partial charge in [-0.2, -0.15) is 0 Å². The van der Waals surface area contributed by atoms with Crippen LogP contribution in [0.5, 0.6) is 0 Å². The van der Waals surface area contributed by atoms with E-state index >= 15 is 0 Å². The number of unbranched alkanes of at least 4 members (excludes halogenated alkanes) is 18. The number of rotatable bonds is 22. The second-order valence-electron chi connectivity index (χ2n) is 8.97. The molecule has 4 N–H and O–H groups in total. The maximum atomic E-state index is 9.76. The van der Waals surface area contributed by atoms with Gasteiger partial charge >= 0.3 is 18.9 Å². The van der Waals surface area contributed by atoms with Crippen molar-refractivity contribution in [3.8, 4) is 0 Å². The molecular formula is C26H55LiN2O2S2. The van der Waals surface area contributed by atoms with Gasteiger partial charge in [0.25, 0.3) is 10.3 Å². The number of aliphatic hydroxyl groups excluding tert-OH is 2. The Morgan fingerprint density at radius 2 is 0.758 bits per heavy atom. The van der Waals surface area contributed by atoms with Crippen LogP contribution in [0.15, 0.2) is 0 Å². The molecule has 33 heavy (non-hydrogen) atoms. The van der Waals surface area contributed by atoms with Gasteiger partial charge in [0.05, 0.1) is 0 Å². The van der Waals surface area contributed by atoms with Gasteiger partial charge in [-0.25, -0.2) is 0 Å². The molecule has 0 fully saturated rings. The molecule has 0 saturated carbocycles. The fourth-order valence-corrected chi connectivity index (χ4v) is 4.07. The van der Waals surface area contributed by atoms with Crippen molar-refractivity contribution >= 4 is 53.6 Å². The minimum atomic E-state index is -0.500. The summed E-state index contributed by atoms with van der Waals surface area (Å²) in [6.07, 6.45) is 27.0. The van der Waals surface area contributed by atoms with Gasteiger partial charge < -0.3 is 20.8 Å². The molecule has 0 aliphatic carbocycles. The number of aliphatic hydroxyl groups is 2. The van der Waals surface area contributed by atoms with E-state index in [4.69, 9.17) is 17.3 Å². The Balaban J connectivity index is -0.00000165. The van der Waals surface area contributed by atoms with Gasteiger partial charge in [-0.15, -0.1) is 0 Å². The fraction of sp³-hybridized carbons (Fsp3) is 0.923. The average Bonchev–Trinajstić information content (AvgIpc) is 2.74. The molecule has 0 unspecified atom stereocenters. The molecular weight excluding hydrogens is 443 g/mol. The zero-order valence-corrected chi connectivity index (χ0v) is 22.9. The zero-order chi connectivity index (χ0) is 24.3. The summed E-state index contributed by atoms with van der Waals surface area (Å²) in [6, 6.07) is 0. The van der Waals surface area contributed by atoms with Crippen LogP contribution >= 0.6 is 24.4 Å². The number of nitrogens with two attached hydrogens (primary N) is 1. The first-order valence-electron chi connectivity index (χ1n) is 13.4. The summed E-state index contributed by atoms with van der Waals surface area (Å²) in [4.78, 5) is 2.02. The normalized spacial score (nSPS) is 10.1. The van der Waals surface area contributed by atoms with Crippen LogP contribution in [0.4, 0.5) is 0 Å². The molecule has 0 amide bonds. The monoisotopic (exact) mass is 498 g/mol. The first kappa shape index (κ1) is 37.5. The molecule has 0 aliphatic heterocycles. The Hall–Kier alpha value is -0.0226. The van der Waals surface area contributed by atoms with E-state index in [1.807, 2.05) is 4.90 Å². The summed E-state index contributed by atoms with van der Waals surface area (Å²) in [5.74, 6) is 0. The van der Waals surface area contributed by atoms with E-state index < -0.39 is 5.17 Å². The average molecular weight is 499 g/mol. The summed E-state index contributed by atoms with van der Waals surface area (Å²) in [5.41, 5.74) is 4.40. The summed E-state index contributed by atoms with van der Waals surface area (Å²) in [6.45, 7) is 6.42. The van der Waals surface area contributed by atoms with Crippen molar-refractivity contribution in [1.29, 1.82) is 0 Å². The molecule has 7 heteroatoms. The van der Waals surface area contributed by atoms with Crippen LogP contribution in [-0.2, 0) is 0 Å². The van der Waals surface area contributed by atoms with Crippen LogP contribution in [0.25, 0.3) is 0 Å². The van der Waals surface area contributed by atoms with Gasteiger partial charge in [0.15, 0.2) is 0 Å². The minimum absolute atomic E-state index is 0. The summed E-state index contributed by atoms with van der Waals surface area (Å²) < 4.78 is 0. The van der Waals surface area contributed by atoms with Crippen LogP contribution in [0, 0.1) is 0 Å². The Labute approximate surface area is 229 Å². The first-order valence-corrected chi connectivity index (χ1v) is 14.2. The molecule has 0 bridgehead atoms. The molecule has 0 saturated heterocycles. The quantitative estimate of drug-likeness (QED) is 0.0795. The number of hydrogen-bond acceptors (Lipinski definition) is 2. The van der Waals surface area contributed by atoms with Crippen molar-refractivity contribution in [2.75, 3.05) is 13.1 Å². The van der Waals surface area contributed by atoms with E-state index in [0.717, 1.165) is 25.9 Å². The van der Waals surface area contributed by atoms with Crippen molar-refractivity contribution in [3.05, 3.63) is 0 Å². The Kier molecular flexibility index (Phi) is 36.4. The molecule has 0 radical (unpaired) electrons. The van der Waals surface area contributed by atoms with Crippen LogP contribution in [-0.4, -0.2) is 57.4 Å². The topological polar surface area (TPSA) is 69.7 Å². The van der Waals surface area contributed by atoms with Crippen LogP contribution < -0.4 is 5.73 Å². The Bertz CT molecular complexity index is 388. The SMILES string of the molecule is CCCCCCCCCCCCN(CCCCCCCCCCCC)C(O)=S.NC(O)=S.[LiH]. The molecule has 0 heterocycles. The molecule has 0 aromatic carbocycles. The van der Waals surface area contributed by atoms with E-state index in [9.17, 15) is 5.11 Å². The molecule has 194 valence electrons. The maximum absolute atomic E-state index is 9.76. The predicted molar refractivity (Wildman–Crippen MR) is 157 cm³/mol. The Morgan fingerprint density at radius 3 is 0.970 bits per heavy atom. The van der Waals surface area contributed by atoms with Crippen molar-refractivity contribution in [3.63, 3.8) is 0 Å². The van der Waals surface area contributed by atoms with Crippen LogP contribution in [0.1, 0.15) is 142 Å². The van der Waals surface area contributed by atoms with Crippen molar-refractivity contribution in [2.24, 2.45) is 5.73 Å². The molecule has 0 aromatic rings. The predicted octanol–water partition coefficient (Wildman–Crippen LogP) is 8.11. The summed E-state index contributed by atoms with van der Waals surface area (Å²) in [7, 11) is 0. The molecule has 0 aromatic heterocycles. The van der Waals surface area contributed by atoms with Gasteiger partial charge in [-0.1, -0.05) is 129 Å². The molecule has 0 aliphatic rings. The Morgan fingerprint density at radius 1 is 0.545 bits per heavy atom. The molecule has 4 nitrogen and oxygen atoms in total. The standard InChI is InChI=1S/C25H51NOS.CH3NOS.Li.H/c1-3-5-7-9-11-13-15-17-19-21-23-26(25(27)28)24-22-20-18-16-14-12-10-8-6-4-2;2-1(3)4;;/h3-24H2,1-2H3,(H,27,28);(H3,2,3,4);;. The van der Waals surface area contributed by atoms with E-state index in [2.05, 4.69) is 31.8 Å². The van der Waals surface area contributed by atoms with E-state index in [1.54, 1.807) is 0 Å². The van der Waals surface area contributed by atoms with Gasteiger partial charge in [0.1, 0.15) is 0 Å². The fourth-order valence-electron chi connectivity index (χ4n) is 3.88. The number of hydrogen-bond donors (Lipinski definition) is 3. The van der Waals surface area contributed by atoms with Crippen molar-refractivity contribution in [2.45, 2.75) is 142 Å². The van der Waals surface area contributed by atoms with Crippen molar-refractivity contribution in [1.82, 2.24) is 4.90 Å². The van der Waals surface area contributed by atoms with E-state index in [0.29, 0.717) is 0 Å². The first-order chi connectivity index (χ1) is 15.5. The van der Waals surface area contributed by atoms with Crippen LogP contribution in [0.3, 0.4) is 0 Å². The number of nitrogens with zero attached hydrogens (tertiary/aromatic N) is 1. The van der Waals surface area contributed by atoms with Gasteiger partial charge in [-0.3, -0.25) is 0 Å². The van der Waals surface area contributed by atoms with Crippen LogP contribution in [0.2, 0.25) is 0 Å². The number of thiocarbonyl (C=S) groups is 2. The van der Waals surface area contributed by atoms with E-state index in [1.165, 1.54) is 116 Å². The summed E-state index contributed by atoms with van der Waals surface area (Å²) >= 11 is 8.91. The second-order valence-corrected chi connectivity index (χ2v) is 9.76. The van der Waals surface area contributed by atoms with E-state index in [-0.39, 0.29) is 24.0 Å².